The van der Waals surface area contributed by atoms with Crippen LogP contribution in [0.5, 0.6) is 0 Å². The predicted molar refractivity (Wildman–Crippen MR) is 52.2 cm³/mol. The van der Waals surface area contributed by atoms with Gasteiger partial charge in [-0.2, -0.15) is 0 Å². The molecule has 13 heavy (non-hydrogen) atoms. The second-order valence-corrected chi connectivity index (χ2v) is 4.07. The summed E-state index contributed by atoms with van der Waals surface area (Å²) in [4.78, 5) is 11.4. The summed E-state index contributed by atoms with van der Waals surface area (Å²) in [5, 5.41) is 0. The summed E-state index contributed by atoms with van der Waals surface area (Å²) in [6.45, 7) is 6.12. The Morgan fingerprint density at radius 2 is 2.15 bits per heavy atom. The molecule has 1 unspecified atom stereocenters. The smallest absolute Gasteiger partial charge is 0.332 e. The molecular formula is C10H15ClO2. The normalized spacial score (nSPS) is 27.5. The van der Waals surface area contributed by atoms with Crippen LogP contribution in [0, 0.1) is 11.8 Å². The Balaban J connectivity index is 2.90. The first-order valence-corrected chi connectivity index (χ1v) is 4.87. The molecule has 2 atom stereocenters. The molecule has 0 spiro atoms. The van der Waals surface area contributed by atoms with Crippen LogP contribution >= 0.6 is 11.9 Å². The third kappa shape index (κ3) is 2.05. The van der Waals surface area contributed by atoms with Crippen molar-refractivity contribution in [3.8, 4) is 0 Å². The highest BCUT2D eigenvalue weighted by Crippen LogP contribution is 2.38. The van der Waals surface area contributed by atoms with E-state index in [1.165, 1.54) is 11.1 Å². The third-order valence-electron chi connectivity index (χ3n) is 2.79. The second kappa shape index (κ2) is 4.14. The Bertz CT molecular complexity index is 241. The lowest BCUT2D eigenvalue weighted by Gasteiger charge is -2.13. The predicted octanol–water partition coefficient (Wildman–Crippen LogP) is 3.07. The molecule has 0 amide bonds. The molecule has 2 nitrogen and oxygen atoms in total. The van der Waals surface area contributed by atoms with Crippen molar-refractivity contribution in [3.05, 3.63) is 11.1 Å². The van der Waals surface area contributed by atoms with E-state index in [9.17, 15) is 4.79 Å². The minimum Gasteiger partial charge on any atom is -0.347 e. The molecule has 0 aliphatic heterocycles. The van der Waals surface area contributed by atoms with E-state index in [2.05, 4.69) is 11.2 Å². The van der Waals surface area contributed by atoms with Crippen LogP contribution in [0.2, 0.25) is 0 Å². The fourth-order valence-corrected chi connectivity index (χ4v) is 2.13. The SMILES string of the molecule is CC(C)=C1CC[C@@H](C)C1C(=O)OCl. The number of carbonyl (C=O) groups excluding carboxylic acids is 1. The lowest BCUT2D eigenvalue weighted by molar-refractivity contribution is -0.138. The van der Waals surface area contributed by atoms with Crippen molar-refractivity contribution in [3.63, 3.8) is 0 Å². The maximum absolute atomic E-state index is 11.4. The Morgan fingerprint density at radius 3 is 2.62 bits per heavy atom. The van der Waals surface area contributed by atoms with Crippen molar-refractivity contribution in [1.29, 1.82) is 0 Å². The van der Waals surface area contributed by atoms with E-state index in [4.69, 9.17) is 11.9 Å². The zero-order valence-corrected chi connectivity index (χ0v) is 9.02. The molecule has 74 valence electrons. The van der Waals surface area contributed by atoms with Gasteiger partial charge in [0, 0.05) is 0 Å². The maximum Gasteiger partial charge on any atom is 0.332 e. The van der Waals surface area contributed by atoms with Crippen LogP contribution in [0.4, 0.5) is 0 Å². The molecule has 0 radical (unpaired) electrons. The molecule has 0 aromatic rings. The number of halogens is 1. The highest BCUT2D eigenvalue weighted by atomic mass is 35.5. The number of rotatable bonds is 1. The van der Waals surface area contributed by atoms with Gasteiger partial charge in [-0.25, -0.2) is 4.79 Å². The van der Waals surface area contributed by atoms with Gasteiger partial charge in [-0.05, 0) is 32.6 Å². The number of allylic oxidation sites excluding steroid dienone is 1. The Hall–Kier alpha value is -0.500. The standard InChI is InChI=1S/C10H15ClO2/c1-6(2)8-5-4-7(3)9(8)10(12)13-11/h7,9H,4-5H2,1-3H3/t7-,9?/m1/s1. The minimum atomic E-state index is -0.303. The first-order chi connectivity index (χ1) is 6.07. The zero-order chi connectivity index (χ0) is 10.0. The van der Waals surface area contributed by atoms with Gasteiger partial charge >= 0.3 is 5.97 Å². The zero-order valence-electron chi connectivity index (χ0n) is 8.26. The van der Waals surface area contributed by atoms with E-state index >= 15 is 0 Å². The molecule has 1 aliphatic carbocycles. The average Bonchev–Trinajstić information content (AvgIpc) is 2.46. The summed E-state index contributed by atoms with van der Waals surface area (Å²) in [6.07, 6.45) is 2.05. The molecule has 0 N–H and O–H groups in total. The Morgan fingerprint density at radius 1 is 1.54 bits per heavy atom. The molecule has 3 heteroatoms. The molecule has 0 aromatic heterocycles. The summed E-state index contributed by atoms with van der Waals surface area (Å²) in [5.41, 5.74) is 2.43. The summed E-state index contributed by atoms with van der Waals surface area (Å²) < 4.78 is 4.28. The quantitative estimate of drug-likeness (QED) is 0.611. The van der Waals surface area contributed by atoms with Crippen molar-refractivity contribution in [2.75, 3.05) is 0 Å². The first-order valence-electron chi connectivity index (χ1n) is 4.56. The molecule has 1 saturated carbocycles. The number of carbonyl (C=O) groups is 1. The van der Waals surface area contributed by atoms with Crippen molar-refractivity contribution in [2.24, 2.45) is 11.8 Å². The molecule has 0 bridgehead atoms. The van der Waals surface area contributed by atoms with Gasteiger partial charge < -0.3 is 4.29 Å². The monoisotopic (exact) mass is 202 g/mol. The van der Waals surface area contributed by atoms with Gasteiger partial charge in [0.15, 0.2) is 0 Å². The van der Waals surface area contributed by atoms with Gasteiger partial charge in [-0.1, -0.05) is 18.1 Å². The van der Waals surface area contributed by atoms with Crippen LogP contribution in [-0.2, 0) is 9.08 Å². The van der Waals surface area contributed by atoms with Gasteiger partial charge in [0.25, 0.3) is 0 Å². The third-order valence-corrected chi connectivity index (χ3v) is 2.94. The Labute approximate surface area is 84.1 Å². The highest BCUT2D eigenvalue weighted by molar-refractivity contribution is 6.13. The minimum absolute atomic E-state index is 0.109. The molecule has 1 fully saturated rings. The summed E-state index contributed by atoms with van der Waals surface area (Å²) in [7, 11) is 0. The van der Waals surface area contributed by atoms with Gasteiger partial charge in [-0.3, -0.25) is 0 Å². The summed E-state index contributed by atoms with van der Waals surface area (Å²) >= 11 is 5.10. The number of hydrogen-bond donors (Lipinski definition) is 0. The molecule has 0 heterocycles. The van der Waals surface area contributed by atoms with E-state index in [0.717, 1.165) is 12.8 Å². The van der Waals surface area contributed by atoms with Crippen LogP contribution in [0.1, 0.15) is 33.6 Å². The van der Waals surface area contributed by atoms with Crippen LogP contribution in [0.15, 0.2) is 11.1 Å². The fraction of sp³-hybridized carbons (Fsp3) is 0.700. The van der Waals surface area contributed by atoms with E-state index in [1.807, 2.05) is 13.8 Å². The van der Waals surface area contributed by atoms with Crippen LogP contribution in [0.3, 0.4) is 0 Å². The summed E-state index contributed by atoms with van der Waals surface area (Å²) in [6, 6.07) is 0. The van der Waals surface area contributed by atoms with Gasteiger partial charge in [0.2, 0.25) is 0 Å². The highest BCUT2D eigenvalue weighted by Gasteiger charge is 2.35. The van der Waals surface area contributed by atoms with Gasteiger partial charge in [0.1, 0.15) is 11.9 Å². The average molecular weight is 203 g/mol. The topological polar surface area (TPSA) is 26.3 Å². The largest absolute Gasteiger partial charge is 0.347 e. The maximum atomic E-state index is 11.4. The van der Waals surface area contributed by atoms with E-state index in [0.29, 0.717) is 5.92 Å². The van der Waals surface area contributed by atoms with Crippen molar-refractivity contribution < 1.29 is 9.08 Å². The molecule has 1 rings (SSSR count). The fourth-order valence-electron chi connectivity index (χ4n) is 2.03. The lowest BCUT2D eigenvalue weighted by atomic mass is 9.93. The van der Waals surface area contributed by atoms with Crippen molar-refractivity contribution in [1.82, 2.24) is 0 Å². The van der Waals surface area contributed by atoms with Crippen molar-refractivity contribution >= 4 is 17.8 Å². The molecule has 1 aliphatic rings. The van der Waals surface area contributed by atoms with Crippen LogP contribution in [-0.4, -0.2) is 5.97 Å². The second-order valence-electron chi connectivity index (χ2n) is 3.92. The first kappa shape index (κ1) is 10.6. The lowest BCUT2D eigenvalue weighted by Crippen LogP contribution is -2.19. The van der Waals surface area contributed by atoms with Crippen LogP contribution < -0.4 is 0 Å². The Kier molecular flexibility index (Phi) is 3.37. The summed E-state index contributed by atoms with van der Waals surface area (Å²) in [5.74, 6) is -0.0542. The molecule has 0 saturated heterocycles. The van der Waals surface area contributed by atoms with Crippen molar-refractivity contribution in [2.45, 2.75) is 33.6 Å². The van der Waals surface area contributed by atoms with E-state index < -0.39 is 0 Å². The van der Waals surface area contributed by atoms with Gasteiger partial charge in [0.05, 0.1) is 5.92 Å². The number of hydrogen-bond acceptors (Lipinski definition) is 2. The van der Waals surface area contributed by atoms with E-state index in [-0.39, 0.29) is 11.9 Å². The molecular weight excluding hydrogens is 188 g/mol. The van der Waals surface area contributed by atoms with Crippen LogP contribution in [0.25, 0.3) is 0 Å². The van der Waals surface area contributed by atoms with Gasteiger partial charge in [-0.15, -0.1) is 0 Å². The molecule has 0 aromatic carbocycles. The van der Waals surface area contributed by atoms with E-state index in [1.54, 1.807) is 0 Å².